The minimum atomic E-state index is 0.128. The van der Waals surface area contributed by atoms with Crippen LogP contribution in [0.5, 0.6) is 0 Å². The second-order valence-corrected chi connectivity index (χ2v) is 2.85. The first-order valence-electron chi connectivity index (χ1n) is 3.36. The Hall–Kier alpha value is -0.0800. The summed E-state index contributed by atoms with van der Waals surface area (Å²) in [5.74, 6) is 0. The van der Waals surface area contributed by atoms with Crippen molar-refractivity contribution in [2.24, 2.45) is 0 Å². The van der Waals surface area contributed by atoms with E-state index in [2.05, 4.69) is 26.1 Å². The summed E-state index contributed by atoms with van der Waals surface area (Å²) in [6.07, 6.45) is 0. The summed E-state index contributed by atoms with van der Waals surface area (Å²) in [5.41, 5.74) is 0.128. The lowest BCUT2D eigenvalue weighted by Gasteiger charge is -2.24. The van der Waals surface area contributed by atoms with Crippen LogP contribution < -0.4 is 5.32 Å². The zero-order chi connectivity index (χ0) is 7.33. The Balaban J connectivity index is 3.43. The predicted molar refractivity (Wildman–Crippen MR) is 39.6 cm³/mol. The Labute approximate surface area is 57.6 Å². The van der Waals surface area contributed by atoms with Crippen molar-refractivity contribution in [3.05, 3.63) is 0 Å². The molecule has 0 aromatic rings. The van der Waals surface area contributed by atoms with Gasteiger partial charge in [0, 0.05) is 12.6 Å². The smallest absolute Gasteiger partial charge is 0.0639 e. The van der Waals surface area contributed by atoms with Gasteiger partial charge in [0.05, 0.1) is 6.61 Å². The highest BCUT2D eigenvalue weighted by Crippen LogP contribution is 2.00. The van der Waals surface area contributed by atoms with E-state index in [0.29, 0.717) is 0 Å². The second-order valence-electron chi connectivity index (χ2n) is 2.85. The zero-order valence-corrected chi connectivity index (χ0v) is 6.82. The zero-order valence-electron chi connectivity index (χ0n) is 6.82. The van der Waals surface area contributed by atoms with Crippen LogP contribution in [0.1, 0.15) is 20.8 Å². The van der Waals surface area contributed by atoms with Gasteiger partial charge < -0.3 is 10.1 Å². The SMILES string of the molecule is CCNC(C)(C)COC. The molecule has 0 aliphatic heterocycles. The monoisotopic (exact) mass is 131 g/mol. The van der Waals surface area contributed by atoms with Gasteiger partial charge in [0.25, 0.3) is 0 Å². The van der Waals surface area contributed by atoms with Crippen molar-refractivity contribution in [1.29, 1.82) is 0 Å². The van der Waals surface area contributed by atoms with Gasteiger partial charge in [0.1, 0.15) is 0 Å². The van der Waals surface area contributed by atoms with Crippen molar-refractivity contribution in [3.8, 4) is 0 Å². The van der Waals surface area contributed by atoms with E-state index in [4.69, 9.17) is 4.74 Å². The molecule has 9 heavy (non-hydrogen) atoms. The third-order valence-corrected chi connectivity index (χ3v) is 1.16. The Morgan fingerprint density at radius 1 is 1.44 bits per heavy atom. The van der Waals surface area contributed by atoms with Crippen LogP contribution in [-0.4, -0.2) is 25.8 Å². The highest BCUT2D eigenvalue weighted by Gasteiger charge is 2.13. The van der Waals surface area contributed by atoms with Crippen LogP contribution in [0.4, 0.5) is 0 Å². The normalized spacial score (nSPS) is 12.0. The van der Waals surface area contributed by atoms with Crippen LogP contribution in [0, 0.1) is 0 Å². The first kappa shape index (κ1) is 8.92. The van der Waals surface area contributed by atoms with Crippen LogP contribution in [0.15, 0.2) is 0 Å². The van der Waals surface area contributed by atoms with Crippen LogP contribution in [0.2, 0.25) is 0 Å². The predicted octanol–water partition coefficient (Wildman–Crippen LogP) is 1.02. The van der Waals surface area contributed by atoms with E-state index in [1.165, 1.54) is 0 Å². The number of rotatable bonds is 4. The number of methoxy groups -OCH3 is 1. The number of hydrogen-bond acceptors (Lipinski definition) is 2. The summed E-state index contributed by atoms with van der Waals surface area (Å²) < 4.78 is 5.00. The van der Waals surface area contributed by atoms with Crippen LogP contribution in [0.3, 0.4) is 0 Å². The molecule has 0 atom stereocenters. The van der Waals surface area contributed by atoms with Gasteiger partial charge in [-0.3, -0.25) is 0 Å². The van der Waals surface area contributed by atoms with Crippen LogP contribution in [-0.2, 0) is 4.74 Å². The quantitative estimate of drug-likeness (QED) is 0.615. The molecule has 0 radical (unpaired) electrons. The van der Waals surface area contributed by atoms with Crippen LogP contribution in [0.25, 0.3) is 0 Å². The third kappa shape index (κ3) is 4.43. The molecule has 0 saturated heterocycles. The molecule has 0 aromatic carbocycles. The summed E-state index contributed by atoms with van der Waals surface area (Å²) in [6.45, 7) is 8.11. The lowest BCUT2D eigenvalue weighted by molar-refractivity contribution is 0.130. The molecule has 0 aliphatic carbocycles. The third-order valence-electron chi connectivity index (χ3n) is 1.16. The maximum Gasteiger partial charge on any atom is 0.0639 e. The first-order chi connectivity index (χ1) is 4.12. The molecule has 0 spiro atoms. The van der Waals surface area contributed by atoms with Gasteiger partial charge in [-0.15, -0.1) is 0 Å². The second kappa shape index (κ2) is 3.85. The highest BCUT2D eigenvalue weighted by molar-refractivity contribution is 4.75. The molecule has 1 N–H and O–H groups in total. The van der Waals surface area contributed by atoms with E-state index in [9.17, 15) is 0 Å². The minimum absolute atomic E-state index is 0.128. The van der Waals surface area contributed by atoms with Crippen molar-refractivity contribution in [2.45, 2.75) is 26.3 Å². The molecular weight excluding hydrogens is 114 g/mol. The maximum absolute atomic E-state index is 5.00. The Morgan fingerprint density at radius 3 is 2.33 bits per heavy atom. The molecular formula is C7H17NO. The molecule has 0 amide bonds. The lowest BCUT2D eigenvalue weighted by atomic mass is 10.1. The molecule has 0 heterocycles. The van der Waals surface area contributed by atoms with Gasteiger partial charge in [-0.2, -0.15) is 0 Å². The Bertz CT molecular complexity index is 63.3. The standard InChI is InChI=1S/C7H17NO/c1-5-8-7(2,3)6-9-4/h8H,5-6H2,1-4H3. The average Bonchev–Trinajstić information content (AvgIpc) is 1.64. The molecule has 2 nitrogen and oxygen atoms in total. The minimum Gasteiger partial charge on any atom is -0.383 e. The average molecular weight is 131 g/mol. The van der Waals surface area contributed by atoms with Crippen molar-refractivity contribution in [3.63, 3.8) is 0 Å². The van der Waals surface area contributed by atoms with Gasteiger partial charge in [-0.1, -0.05) is 6.92 Å². The number of hydrogen-bond donors (Lipinski definition) is 1. The summed E-state index contributed by atoms with van der Waals surface area (Å²) in [7, 11) is 1.72. The van der Waals surface area contributed by atoms with Gasteiger partial charge in [-0.05, 0) is 20.4 Å². The number of ether oxygens (including phenoxy) is 1. The van der Waals surface area contributed by atoms with Crippen molar-refractivity contribution >= 4 is 0 Å². The fourth-order valence-electron chi connectivity index (χ4n) is 0.890. The van der Waals surface area contributed by atoms with Gasteiger partial charge in [0.15, 0.2) is 0 Å². The number of likely N-dealkylation sites (N-methyl/N-ethyl adjacent to an activating group) is 1. The van der Waals surface area contributed by atoms with E-state index >= 15 is 0 Å². The highest BCUT2D eigenvalue weighted by atomic mass is 16.5. The largest absolute Gasteiger partial charge is 0.383 e. The lowest BCUT2D eigenvalue weighted by Crippen LogP contribution is -2.42. The molecule has 0 aromatic heterocycles. The summed E-state index contributed by atoms with van der Waals surface area (Å²) >= 11 is 0. The van der Waals surface area contributed by atoms with Crippen LogP contribution >= 0.6 is 0 Å². The molecule has 0 unspecified atom stereocenters. The topological polar surface area (TPSA) is 21.3 Å². The van der Waals surface area contributed by atoms with E-state index in [0.717, 1.165) is 13.2 Å². The number of nitrogens with one attached hydrogen (secondary N) is 1. The maximum atomic E-state index is 5.00. The van der Waals surface area contributed by atoms with Gasteiger partial charge in [0.2, 0.25) is 0 Å². The van der Waals surface area contributed by atoms with E-state index in [1.54, 1.807) is 7.11 Å². The molecule has 0 rings (SSSR count). The van der Waals surface area contributed by atoms with E-state index in [-0.39, 0.29) is 5.54 Å². The molecule has 0 bridgehead atoms. The molecule has 0 fully saturated rings. The van der Waals surface area contributed by atoms with Gasteiger partial charge >= 0.3 is 0 Å². The van der Waals surface area contributed by atoms with Gasteiger partial charge in [-0.25, -0.2) is 0 Å². The summed E-state index contributed by atoms with van der Waals surface area (Å²) in [6, 6.07) is 0. The van der Waals surface area contributed by atoms with Crippen molar-refractivity contribution < 1.29 is 4.74 Å². The molecule has 2 heteroatoms. The summed E-state index contributed by atoms with van der Waals surface area (Å²) in [5, 5.41) is 3.30. The Morgan fingerprint density at radius 2 is 2.00 bits per heavy atom. The molecule has 0 saturated carbocycles. The van der Waals surface area contributed by atoms with Crippen molar-refractivity contribution in [2.75, 3.05) is 20.3 Å². The fourth-order valence-corrected chi connectivity index (χ4v) is 0.890. The molecule has 0 aliphatic rings. The van der Waals surface area contributed by atoms with E-state index in [1.807, 2.05) is 0 Å². The summed E-state index contributed by atoms with van der Waals surface area (Å²) in [4.78, 5) is 0. The van der Waals surface area contributed by atoms with E-state index < -0.39 is 0 Å². The fraction of sp³-hybridized carbons (Fsp3) is 1.00. The van der Waals surface area contributed by atoms with Crippen molar-refractivity contribution in [1.82, 2.24) is 5.32 Å². The Kier molecular flexibility index (Phi) is 3.82. The first-order valence-corrected chi connectivity index (χ1v) is 3.36. The molecule has 56 valence electrons.